The van der Waals surface area contributed by atoms with E-state index in [9.17, 15) is 0 Å². The van der Waals surface area contributed by atoms with Gasteiger partial charge in [-0.3, -0.25) is 0 Å². The van der Waals surface area contributed by atoms with Gasteiger partial charge < -0.3 is 0 Å². The molecule has 0 aliphatic heterocycles. The van der Waals surface area contributed by atoms with Crippen LogP contribution in [0, 0.1) is 0 Å². The van der Waals surface area contributed by atoms with Gasteiger partial charge in [0.1, 0.15) is 0 Å². The molecule has 0 amide bonds. The van der Waals surface area contributed by atoms with Crippen molar-refractivity contribution in [1.82, 2.24) is 0 Å². The van der Waals surface area contributed by atoms with Gasteiger partial charge in [-0.1, -0.05) is 0 Å². The number of benzene rings is 4. The van der Waals surface area contributed by atoms with Crippen LogP contribution in [-0.4, -0.2) is 17.8 Å². The van der Waals surface area contributed by atoms with E-state index in [4.69, 9.17) is 9.99 Å². The molecule has 0 unspecified atom stereocenters. The van der Waals surface area contributed by atoms with Crippen LogP contribution in [0.25, 0.3) is 0 Å². The first-order valence-electron chi connectivity index (χ1n) is 11.8. The van der Waals surface area contributed by atoms with Gasteiger partial charge in [0.05, 0.1) is 0 Å². The van der Waals surface area contributed by atoms with E-state index in [1.165, 1.54) is 17.7 Å². The molecule has 166 valence electrons. The third kappa shape index (κ3) is 5.28. The molecule has 0 radical (unpaired) electrons. The number of hydrogen-bond donors (Lipinski definition) is 0. The van der Waals surface area contributed by atoms with E-state index in [-0.39, 0.29) is 0 Å². The predicted molar refractivity (Wildman–Crippen MR) is 142 cm³/mol. The molecule has 0 aliphatic rings. The Balaban J connectivity index is 1.90. The molecule has 0 fully saturated rings. The van der Waals surface area contributed by atoms with Crippen LogP contribution < -0.4 is 13.2 Å². The minimum atomic E-state index is -3.33. The summed E-state index contributed by atoms with van der Waals surface area (Å²) in [7, 11) is 0. The molecular weight excluding hydrogens is 463 g/mol. The van der Waals surface area contributed by atoms with E-state index < -0.39 is 13.3 Å². The van der Waals surface area contributed by atoms with E-state index >= 15 is 0 Å². The average Bonchev–Trinajstić information content (AvgIpc) is 2.90. The van der Waals surface area contributed by atoms with Gasteiger partial charge in [-0.2, -0.15) is 0 Å². The standard InChI is InChI=1S/C30H31GeNO/c1-2-3-24-30(32-33-25-26-16-8-4-9-17-26)31(27-18-10-5-11-19-27,28-20-12-6-13-21-28)29-22-14-7-15-23-29/h4-23H,2-3,24-25H2,1H3/b32-30-. The average molecular weight is 494 g/mol. The van der Waals surface area contributed by atoms with Gasteiger partial charge in [0.15, 0.2) is 0 Å². The molecule has 4 aromatic rings. The molecule has 0 aromatic heterocycles. The zero-order valence-electron chi connectivity index (χ0n) is 19.2. The van der Waals surface area contributed by atoms with Gasteiger partial charge in [0.25, 0.3) is 0 Å². The second-order valence-corrected chi connectivity index (χ2v) is 16.2. The second-order valence-electron chi connectivity index (χ2n) is 8.25. The Morgan fingerprint density at radius 3 is 1.48 bits per heavy atom. The van der Waals surface area contributed by atoms with E-state index in [0.717, 1.165) is 24.8 Å². The summed E-state index contributed by atoms with van der Waals surface area (Å²) in [5, 5.41) is 4.96. The van der Waals surface area contributed by atoms with Gasteiger partial charge in [0, 0.05) is 0 Å². The van der Waals surface area contributed by atoms with Crippen LogP contribution in [0.3, 0.4) is 0 Å². The van der Waals surface area contributed by atoms with Crippen LogP contribution in [0.4, 0.5) is 0 Å². The SMILES string of the molecule is CCCC/[C](=N/OCc1ccccc1)[Ge]([c]1ccccc1)([c]1ccccc1)[c]1ccccc1. The summed E-state index contributed by atoms with van der Waals surface area (Å²) in [6.07, 6.45) is 3.14. The van der Waals surface area contributed by atoms with Crippen LogP contribution in [-0.2, 0) is 11.4 Å². The minimum absolute atomic E-state index is 0.479. The molecule has 0 spiro atoms. The normalized spacial score (nSPS) is 11.8. The maximum absolute atomic E-state index is 6.08. The van der Waals surface area contributed by atoms with Crippen LogP contribution in [0.15, 0.2) is 126 Å². The summed E-state index contributed by atoms with van der Waals surface area (Å²) in [4.78, 5) is 6.08. The first-order chi connectivity index (χ1) is 16.4. The van der Waals surface area contributed by atoms with Gasteiger partial charge in [-0.25, -0.2) is 0 Å². The summed E-state index contributed by atoms with van der Waals surface area (Å²) >= 11 is -3.33. The molecule has 33 heavy (non-hydrogen) atoms. The van der Waals surface area contributed by atoms with Crippen LogP contribution in [0.2, 0.25) is 0 Å². The monoisotopic (exact) mass is 495 g/mol. The van der Waals surface area contributed by atoms with Crippen molar-refractivity contribution in [3.8, 4) is 0 Å². The fourth-order valence-corrected chi connectivity index (χ4v) is 14.6. The Hall–Kier alpha value is -3.11. The van der Waals surface area contributed by atoms with Gasteiger partial charge in [0.2, 0.25) is 0 Å². The molecule has 0 heterocycles. The molecular formula is C30H31GeNO. The van der Waals surface area contributed by atoms with Crippen molar-refractivity contribution < 1.29 is 4.84 Å². The Bertz CT molecular complexity index is 1030. The molecule has 0 aliphatic carbocycles. The Labute approximate surface area is 200 Å². The molecule has 2 nitrogen and oxygen atoms in total. The van der Waals surface area contributed by atoms with Crippen LogP contribution in [0.5, 0.6) is 0 Å². The third-order valence-corrected chi connectivity index (χ3v) is 16.2. The Kier molecular flexibility index (Phi) is 8.15. The second kappa shape index (κ2) is 11.7. The van der Waals surface area contributed by atoms with Gasteiger partial charge in [-0.05, 0) is 0 Å². The number of hydrogen-bond acceptors (Lipinski definition) is 2. The zero-order valence-corrected chi connectivity index (χ0v) is 21.3. The number of oxime groups is 1. The third-order valence-electron chi connectivity index (χ3n) is 6.07. The van der Waals surface area contributed by atoms with Crippen molar-refractivity contribution >= 4 is 31.0 Å². The van der Waals surface area contributed by atoms with Crippen LogP contribution in [0.1, 0.15) is 31.7 Å². The van der Waals surface area contributed by atoms with E-state index in [0.29, 0.717) is 6.61 Å². The van der Waals surface area contributed by atoms with Crippen LogP contribution >= 0.6 is 0 Å². The summed E-state index contributed by atoms with van der Waals surface area (Å²) in [5.41, 5.74) is 1.13. The number of nitrogens with zero attached hydrogens (tertiary/aromatic N) is 1. The topological polar surface area (TPSA) is 21.6 Å². The number of rotatable bonds is 10. The first kappa shape index (κ1) is 23.1. The summed E-state index contributed by atoms with van der Waals surface area (Å²) in [6.45, 7) is 2.72. The Morgan fingerprint density at radius 2 is 1.06 bits per heavy atom. The fourth-order valence-electron chi connectivity index (χ4n) is 4.47. The quantitative estimate of drug-likeness (QED) is 0.163. The summed E-state index contributed by atoms with van der Waals surface area (Å²) in [5.74, 6) is 0. The summed E-state index contributed by atoms with van der Waals surface area (Å²) in [6, 6.07) is 43.3. The molecule has 3 heteroatoms. The molecule has 0 atom stereocenters. The molecule has 0 bridgehead atoms. The van der Waals surface area contributed by atoms with Gasteiger partial charge in [-0.15, -0.1) is 0 Å². The first-order valence-corrected chi connectivity index (χ1v) is 15.9. The zero-order chi connectivity index (χ0) is 22.8. The maximum atomic E-state index is 6.08. The Morgan fingerprint density at radius 1 is 0.636 bits per heavy atom. The van der Waals surface area contributed by atoms with Crippen molar-refractivity contribution in [3.05, 3.63) is 127 Å². The van der Waals surface area contributed by atoms with Crippen molar-refractivity contribution in [2.24, 2.45) is 5.16 Å². The van der Waals surface area contributed by atoms with Crippen molar-refractivity contribution in [2.75, 3.05) is 0 Å². The molecule has 0 N–H and O–H groups in total. The van der Waals surface area contributed by atoms with E-state index in [1.54, 1.807) is 0 Å². The molecule has 4 aromatic carbocycles. The number of unbranched alkanes of at least 4 members (excludes halogenated alkanes) is 1. The van der Waals surface area contributed by atoms with E-state index in [2.05, 4.69) is 110 Å². The van der Waals surface area contributed by atoms with Crippen molar-refractivity contribution in [1.29, 1.82) is 0 Å². The van der Waals surface area contributed by atoms with Gasteiger partial charge >= 0.3 is 201 Å². The predicted octanol–water partition coefficient (Wildman–Crippen LogP) is 5.46. The summed E-state index contributed by atoms with van der Waals surface area (Å²) < 4.78 is 5.37. The molecule has 4 rings (SSSR count). The van der Waals surface area contributed by atoms with E-state index in [1.807, 2.05) is 18.2 Å². The molecule has 0 saturated carbocycles. The molecule has 0 saturated heterocycles. The fraction of sp³-hybridized carbons (Fsp3) is 0.167. The van der Waals surface area contributed by atoms with Crippen molar-refractivity contribution in [2.45, 2.75) is 32.8 Å². The van der Waals surface area contributed by atoms with Crippen molar-refractivity contribution in [3.63, 3.8) is 0 Å².